The number of pyridine rings is 1. The number of allylic oxidation sites excluding steroid dienone is 2. The molecule has 1 amide bonds. The van der Waals surface area contributed by atoms with E-state index < -0.39 is 17.7 Å². The molecule has 1 aromatic heterocycles. The highest BCUT2D eigenvalue weighted by atomic mass is 19.1. The summed E-state index contributed by atoms with van der Waals surface area (Å²) in [5.41, 5.74) is 5.85. The number of hydrogen-bond donors (Lipinski definition) is 2. The maximum Gasteiger partial charge on any atom is 0.255 e. The van der Waals surface area contributed by atoms with Crippen LogP contribution in [0, 0.1) is 11.8 Å². The maximum absolute atomic E-state index is 14.5. The van der Waals surface area contributed by atoms with Crippen molar-refractivity contribution in [3.63, 3.8) is 0 Å². The quantitative estimate of drug-likeness (QED) is 0.395. The molecule has 0 aliphatic carbocycles. The number of nitrogen functional groups attached to an aromatic ring is 1. The first-order chi connectivity index (χ1) is 13.0. The van der Waals surface area contributed by atoms with Gasteiger partial charge in [0.2, 0.25) is 5.95 Å². The summed E-state index contributed by atoms with van der Waals surface area (Å²) < 4.78 is 33.0. The van der Waals surface area contributed by atoms with Crippen LogP contribution in [0.5, 0.6) is 5.75 Å². The zero-order valence-electron chi connectivity index (χ0n) is 15.2. The van der Waals surface area contributed by atoms with E-state index in [0.29, 0.717) is 6.61 Å². The Hall–Kier alpha value is -2.96. The summed E-state index contributed by atoms with van der Waals surface area (Å²) in [5, 5.41) is 2.55. The lowest BCUT2D eigenvalue weighted by atomic mass is 10.2. The van der Waals surface area contributed by atoms with Crippen LogP contribution in [0.2, 0.25) is 0 Å². The standard InChI is InChI=1S/C20H23F2N3O2/c1-2-3-4-5-6-12-27-16-9-7-8-14(18(16)22)13-24-20(26)15-10-11-17(21)25-19(15)23/h2-3,7-11H,4-6,12-13H2,1H3,(H2,23,25)(H,24,26). The Bertz CT molecular complexity index is 810. The first kappa shape index (κ1) is 20.4. The molecule has 2 rings (SSSR count). The van der Waals surface area contributed by atoms with Gasteiger partial charge < -0.3 is 15.8 Å². The van der Waals surface area contributed by atoms with Crippen LogP contribution in [0.25, 0.3) is 0 Å². The second-order valence-electron chi connectivity index (χ2n) is 5.89. The number of carbonyl (C=O) groups is 1. The number of anilines is 1. The molecule has 0 aliphatic heterocycles. The van der Waals surface area contributed by atoms with Crippen molar-refractivity contribution in [1.82, 2.24) is 10.3 Å². The Kier molecular flexibility index (Phi) is 7.73. The molecule has 1 aromatic carbocycles. The number of hydrogen-bond acceptors (Lipinski definition) is 4. The van der Waals surface area contributed by atoms with Gasteiger partial charge in [0, 0.05) is 12.1 Å². The fourth-order valence-corrected chi connectivity index (χ4v) is 2.43. The number of ether oxygens (including phenoxy) is 1. The van der Waals surface area contributed by atoms with Gasteiger partial charge in [-0.1, -0.05) is 24.3 Å². The van der Waals surface area contributed by atoms with Crippen LogP contribution >= 0.6 is 0 Å². The molecule has 3 N–H and O–H groups in total. The zero-order chi connectivity index (χ0) is 19.6. The molecule has 0 saturated carbocycles. The van der Waals surface area contributed by atoms with Crippen molar-refractivity contribution in [2.24, 2.45) is 0 Å². The summed E-state index contributed by atoms with van der Waals surface area (Å²) in [6, 6.07) is 7.04. The van der Waals surface area contributed by atoms with Crippen LogP contribution in [0.1, 0.15) is 42.1 Å². The summed E-state index contributed by atoms with van der Waals surface area (Å²) in [4.78, 5) is 15.5. The smallest absolute Gasteiger partial charge is 0.255 e. The van der Waals surface area contributed by atoms with E-state index in [1.54, 1.807) is 18.2 Å². The third-order valence-electron chi connectivity index (χ3n) is 3.88. The number of rotatable bonds is 9. The third-order valence-corrected chi connectivity index (χ3v) is 3.88. The molecule has 0 spiro atoms. The van der Waals surface area contributed by atoms with E-state index in [2.05, 4.69) is 16.4 Å². The Balaban J connectivity index is 1.92. The van der Waals surface area contributed by atoms with Gasteiger partial charge in [0.1, 0.15) is 5.82 Å². The molecular weight excluding hydrogens is 352 g/mol. The van der Waals surface area contributed by atoms with Gasteiger partial charge in [0.15, 0.2) is 11.6 Å². The lowest BCUT2D eigenvalue weighted by molar-refractivity contribution is 0.0951. The minimum absolute atomic E-state index is 0.0327. The summed E-state index contributed by atoms with van der Waals surface area (Å²) in [7, 11) is 0. The van der Waals surface area contributed by atoms with Gasteiger partial charge in [0.25, 0.3) is 5.91 Å². The first-order valence-corrected chi connectivity index (χ1v) is 8.74. The highest BCUT2D eigenvalue weighted by Gasteiger charge is 2.14. The van der Waals surface area contributed by atoms with Crippen LogP contribution in [-0.4, -0.2) is 17.5 Å². The lowest BCUT2D eigenvalue weighted by Crippen LogP contribution is -2.25. The van der Waals surface area contributed by atoms with E-state index in [4.69, 9.17) is 10.5 Å². The van der Waals surface area contributed by atoms with Gasteiger partial charge in [-0.2, -0.15) is 4.39 Å². The number of nitrogens with zero attached hydrogens (tertiary/aromatic N) is 1. The topological polar surface area (TPSA) is 77.2 Å². The Labute approximate surface area is 157 Å². The van der Waals surface area contributed by atoms with E-state index in [1.165, 1.54) is 6.07 Å². The predicted octanol–water partition coefficient (Wildman–Crippen LogP) is 4.00. The second kappa shape index (κ2) is 10.3. The number of unbranched alkanes of at least 4 members (excludes halogenated alkanes) is 2. The van der Waals surface area contributed by atoms with E-state index in [9.17, 15) is 13.6 Å². The van der Waals surface area contributed by atoms with Crippen molar-refractivity contribution in [3.8, 4) is 5.75 Å². The average molecular weight is 375 g/mol. The van der Waals surface area contributed by atoms with Gasteiger partial charge in [-0.05, 0) is 44.4 Å². The van der Waals surface area contributed by atoms with E-state index in [0.717, 1.165) is 25.3 Å². The van der Waals surface area contributed by atoms with Crippen molar-refractivity contribution < 1.29 is 18.3 Å². The molecular formula is C20H23F2N3O2. The van der Waals surface area contributed by atoms with Gasteiger partial charge in [-0.25, -0.2) is 9.37 Å². The Morgan fingerprint density at radius 2 is 2.07 bits per heavy atom. The fourth-order valence-electron chi connectivity index (χ4n) is 2.43. The maximum atomic E-state index is 14.5. The normalized spacial score (nSPS) is 10.9. The Morgan fingerprint density at radius 3 is 2.81 bits per heavy atom. The van der Waals surface area contributed by atoms with Crippen LogP contribution in [0.15, 0.2) is 42.5 Å². The molecule has 1 heterocycles. The van der Waals surface area contributed by atoms with Crippen molar-refractivity contribution in [1.29, 1.82) is 0 Å². The molecule has 0 atom stereocenters. The summed E-state index contributed by atoms with van der Waals surface area (Å²) >= 11 is 0. The van der Waals surface area contributed by atoms with E-state index in [1.807, 2.05) is 13.0 Å². The lowest BCUT2D eigenvalue weighted by Gasteiger charge is -2.11. The fraction of sp³-hybridized carbons (Fsp3) is 0.300. The van der Waals surface area contributed by atoms with Crippen LogP contribution < -0.4 is 15.8 Å². The number of halogens is 2. The summed E-state index contributed by atoms with van der Waals surface area (Å²) in [5.74, 6) is -1.92. The average Bonchev–Trinajstić information content (AvgIpc) is 2.64. The molecule has 5 nitrogen and oxygen atoms in total. The highest BCUT2D eigenvalue weighted by Crippen LogP contribution is 2.21. The molecule has 0 fully saturated rings. The predicted molar refractivity (Wildman–Crippen MR) is 100 cm³/mol. The molecule has 144 valence electrons. The number of benzene rings is 1. The highest BCUT2D eigenvalue weighted by molar-refractivity contribution is 5.98. The molecule has 0 unspecified atom stereocenters. The van der Waals surface area contributed by atoms with Crippen LogP contribution in [0.3, 0.4) is 0 Å². The number of amides is 1. The zero-order valence-corrected chi connectivity index (χ0v) is 15.2. The van der Waals surface area contributed by atoms with Crippen molar-refractivity contribution in [3.05, 3.63) is 65.4 Å². The largest absolute Gasteiger partial charge is 0.491 e. The van der Waals surface area contributed by atoms with Crippen molar-refractivity contribution >= 4 is 11.7 Å². The van der Waals surface area contributed by atoms with E-state index >= 15 is 0 Å². The second-order valence-corrected chi connectivity index (χ2v) is 5.89. The third kappa shape index (κ3) is 6.06. The summed E-state index contributed by atoms with van der Waals surface area (Å²) in [6.07, 6.45) is 6.83. The van der Waals surface area contributed by atoms with Crippen molar-refractivity contribution in [2.45, 2.75) is 32.7 Å². The molecule has 2 aromatic rings. The first-order valence-electron chi connectivity index (χ1n) is 8.74. The van der Waals surface area contributed by atoms with Crippen LogP contribution in [0.4, 0.5) is 14.6 Å². The minimum atomic E-state index is -0.773. The Morgan fingerprint density at radius 1 is 1.26 bits per heavy atom. The number of aromatic nitrogens is 1. The van der Waals surface area contributed by atoms with Crippen molar-refractivity contribution in [2.75, 3.05) is 12.3 Å². The minimum Gasteiger partial charge on any atom is -0.491 e. The SMILES string of the molecule is CC=CCCCCOc1cccc(CNC(=O)c2ccc(F)nc2N)c1F. The molecule has 7 heteroatoms. The van der Waals surface area contributed by atoms with Gasteiger partial charge in [0.05, 0.1) is 12.2 Å². The summed E-state index contributed by atoms with van der Waals surface area (Å²) in [6.45, 7) is 2.33. The molecule has 0 aliphatic rings. The number of nitrogens with two attached hydrogens (primary N) is 1. The molecule has 27 heavy (non-hydrogen) atoms. The number of carbonyl (C=O) groups excluding carboxylic acids is 1. The van der Waals surface area contributed by atoms with Crippen LogP contribution in [-0.2, 0) is 6.54 Å². The number of nitrogens with one attached hydrogen (secondary N) is 1. The van der Waals surface area contributed by atoms with Gasteiger partial charge in [-0.15, -0.1) is 0 Å². The van der Waals surface area contributed by atoms with Gasteiger partial charge in [-0.3, -0.25) is 4.79 Å². The monoisotopic (exact) mass is 375 g/mol. The molecule has 0 bridgehead atoms. The van der Waals surface area contributed by atoms with E-state index in [-0.39, 0.29) is 29.2 Å². The molecule has 0 radical (unpaired) electrons. The van der Waals surface area contributed by atoms with Gasteiger partial charge >= 0.3 is 0 Å². The molecule has 0 saturated heterocycles.